The number of rotatable bonds is 6. The van der Waals surface area contributed by atoms with Gasteiger partial charge in [0.25, 0.3) is 0 Å². The Morgan fingerprint density at radius 1 is 1.39 bits per heavy atom. The van der Waals surface area contributed by atoms with Crippen LogP contribution < -0.4 is 5.32 Å². The van der Waals surface area contributed by atoms with Crippen LogP contribution in [0.15, 0.2) is 41.8 Å². The Morgan fingerprint density at radius 3 is 2.72 bits per heavy atom. The van der Waals surface area contributed by atoms with Crippen LogP contribution in [0.5, 0.6) is 0 Å². The van der Waals surface area contributed by atoms with Crippen LogP contribution in [0.3, 0.4) is 0 Å². The monoisotopic (exact) mass is 264 g/mol. The molecule has 3 N–H and O–H groups in total. The molecule has 0 aliphatic heterocycles. The number of H-pyrrole nitrogens is 1. The van der Waals surface area contributed by atoms with Crippen LogP contribution in [0.1, 0.15) is 5.56 Å². The number of hydrogen-bond donors (Lipinski definition) is 3. The van der Waals surface area contributed by atoms with Crippen molar-refractivity contribution in [2.75, 3.05) is 19.4 Å². The molecule has 0 bridgehead atoms. The predicted octanol–water partition coefficient (Wildman–Crippen LogP) is 1.00. The van der Waals surface area contributed by atoms with E-state index in [0.29, 0.717) is 5.75 Å². The smallest absolute Gasteiger partial charge is 0.183 e. The van der Waals surface area contributed by atoms with E-state index in [0.717, 1.165) is 10.7 Å². The van der Waals surface area contributed by atoms with Crippen LogP contribution in [0.25, 0.3) is 0 Å². The van der Waals surface area contributed by atoms with Crippen molar-refractivity contribution >= 4 is 11.8 Å². The molecule has 0 amide bonds. The Kier molecular flexibility index (Phi) is 4.35. The number of nitrogens with one attached hydrogen (secondary N) is 2. The summed E-state index contributed by atoms with van der Waals surface area (Å²) in [6.07, 6.45) is 1.48. The highest BCUT2D eigenvalue weighted by Gasteiger charge is 2.30. The molecular formula is C12H16N4OS. The summed E-state index contributed by atoms with van der Waals surface area (Å²) in [7, 11) is 1.85. The number of aliphatic hydroxyl groups excluding tert-OH is 1. The minimum Gasteiger partial charge on any atom is -0.394 e. The lowest BCUT2D eigenvalue weighted by atomic mass is 9.93. The molecular weight excluding hydrogens is 248 g/mol. The quantitative estimate of drug-likeness (QED) is 0.679. The second-order valence-corrected chi connectivity index (χ2v) is 4.90. The predicted molar refractivity (Wildman–Crippen MR) is 71.4 cm³/mol. The van der Waals surface area contributed by atoms with Crippen molar-refractivity contribution in [2.45, 2.75) is 10.7 Å². The Labute approximate surface area is 110 Å². The number of aliphatic hydroxyl groups is 1. The van der Waals surface area contributed by atoms with Gasteiger partial charge in [-0.2, -0.15) is 5.10 Å². The third-order valence-corrected chi connectivity index (χ3v) is 4.03. The Morgan fingerprint density at radius 2 is 2.17 bits per heavy atom. The summed E-state index contributed by atoms with van der Waals surface area (Å²) >= 11 is 1.53. The van der Waals surface area contributed by atoms with E-state index in [-0.39, 0.29) is 6.61 Å². The van der Waals surface area contributed by atoms with Crippen LogP contribution >= 0.6 is 11.8 Å². The standard InChI is InChI=1S/C12H16N4OS/c1-13-12(7-17,10-5-3-2-4-6-10)8-18-11-14-9-15-16-11/h2-6,9,13,17H,7-8H2,1H3,(H,14,15,16). The number of hydrogen-bond acceptors (Lipinski definition) is 5. The van der Waals surface area contributed by atoms with Crippen LogP contribution in [0.2, 0.25) is 0 Å². The number of aromatic nitrogens is 3. The molecule has 96 valence electrons. The zero-order chi connectivity index (χ0) is 12.8. The maximum Gasteiger partial charge on any atom is 0.183 e. The van der Waals surface area contributed by atoms with Gasteiger partial charge < -0.3 is 10.4 Å². The molecule has 0 aliphatic carbocycles. The maximum absolute atomic E-state index is 9.74. The van der Waals surface area contributed by atoms with E-state index in [9.17, 15) is 5.11 Å². The summed E-state index contributed by atoms with van der Waals surface area (Å²) in [4.78, 5) is 4.07. The summed E-state index contributed by atoms with van der Waals surface area (Å²) in [5, 5.41) is 20.3. The average Bonchev–Trinajstić information content (AvgIpc) is 2.95. The van der Waals surface area contributed by atoms with Crippen molar-refractivity contribution < 1.29 is 5.11 Å². The lowest BCUT2D eigenvalue weighted by Crippen LogP contribution is -2.45. The molecule has 0 saturated heterocycles. The largest absolute Gasteiger partial charge is 0.394 e. The van der Waals surface area contributed by atoms with Gasteiger partial charge in [0, 0.05) is 5.75 Å². The molecule has 2 rings (SSSR count). The minimum atomic E-state index is -0.473. The molecule has 2 aromatic rings. The van der Waals surface area contributed by atoms with Gasteiger partial charge in [-0.05, 0) is 12.6 Å². The van der Waals surface area contributed by atoms with Crippen molar-refractivity contribution in [3.05, 3.63) is 42.2 Å². The summed E-state index contributed by atoms with van der Waals surface area (Å²) in [5.41, 5.74) is 0.584. The van der Waals surface area contributed by atoms with Crippen LogP contribution in [-0.2, 0) is 5.54 Å². The lowest BCUT2D eigenvalue weighted by Gasteiger charge is -2.31. The normalized spacial score (nSPS) is 14.3. The molecule has 5 nitrogen and oxygen atoms in total. The lowest BCUT2D eigenvalue weighted by molar-refractivity contribution is 0.187. The highest BCUT2D eigenvalue weighted by Crippen LogP contribution is 2.27. The average molecular weight is 264 g/mol. The molecule has 1 aromatic heterocycles. The van der Waals surface area contributed by atoms with E-state index in [4.69, 9.17) is 0 Å². The van der Waals surface area contributed by atoms with Crippen LogP contribution in [0.4, 0.5) is 0 Å². The molecule has 1 unspecified atom stereocenters. The van der Waals surface area contributed by atoms with E-state index < -0.39 is 5.54 Å². The highest BCUT2D eigenvalue weighted by atomic mass is 32.2. The van der Waals surface area contributed by atoms with Gasteiger partial charge in [0.15, 0.2) is 5.16 Å². The molecule has 0 saturated carbocycles. The maximum atomic E-state index is 9.74. The first-order chi connectivity index (χ1) is 8.80. The van der Waals surface area contributed by atoms with Gasteiger partial charge >= 0.3 is 0 Å². The van der Waals surface area contributed by atoms with Crippen molar-refractivity contribution in [2.24, 2.45) is 0 Å². The third-order valence-electron chi connectivity index (χ3n) is 2.92. The molecule has 0 spiro atoms. The third kappa shape index (κ3) is 2.72. The van der Waals surface area contributed by atoms with E-state index in [1.54, 1.807) is 0 Å². The molecule has 0 radical (unpaired) electrons. The van der Waals surface area contributed by atoms with Gasteiger partial charge in [0.1, 0.15) is 6.33 Å². The zero-order valence-corrected chi connectivity index (χ0v) is 10.9. The number of likely N-dealkylation sites (N-methyl/N-ethyl adjacent to an activating group) is 1. The summed E-state index contributed by atoms with van der Waals surface area (Å²) in [6, 6.07) is 9.92. The molecule has 1 heterocycles. The van der Waals surface area contributed by atoms with Crippen molar-refractivity contribution in [3.8, 4) is 0 Å². The van der Waals surface area contributed by atoms with Crippen LogP contribution in [0, 0.1) is 0 Å². The first-order valence-corrected chi connectivity index (χ1v) is 6.63. The van der Waals surface area contributed by atoms with Crippen molar-refractivity contribution in [1.29, 1.82) is 0 Å². The molecule has 0 aliphatic rings. The SMILES string of the molecule is CNC(CO)(CSc1ncn[nH]1)c1ccccc1. The fraction of sp³-hybridized carbons (Fsp3) is 0.333. The molecule has 1 aromatic carbocycles. The second-order valence-electron chi connectivity index (χ2n) is 3.94. The van der Waals surface area contributed by atoms with Gasteiger partial charge in [-0.3, -0.25) is 5.10 Å². The second kappa shape index (κ2) is 5.99. The Balaban J connectivity index is 2.16. The molecule has 0 fully saturated rings. The van der Waals surface area contributed by atoms with E-state index in [1.165, 1.54) is 18.1 Å². The first kappa shape index (κ1) is 13.1. The first-order valence-electron chi connectivity index (χ1n) is 5.64. The number of benzene rings is 1. The highest BCUT2D eigenvalue weighted by molar-refractivity contribution is 7.99. The van der Waals surface area contributed by atoms with E-state index in [1.807, 2.05) is 37.4 Å². The number of nitrogens with zero attached hydrogens (tertiary/aromatic N) is 2. The summed E-state index contributed by atoms with van der Waals surface area (Å²) < 4.78 is 0. The van der Waals surface area contributed by atoms with Crippen LogP contribution in [-0.4, -0.2) is 39.7 Å². The van der Waals surface area contributed by atoms with E-state index >= 15 is 0 Å². The van der Waals surface area contributed by atoms with E-state index in [2.05, 4.69) is 20.5 Å². The fourth-order valence-corrected chi connectivity index (χ4v) is 2.75. The van der Waals surface area contributed by atoms with Crippen molar-refractivity contribution in [1.82, 2.24) is 20.5 Å². The summed E-state index contributed by atoms with van der Waals surface area (Å²) in [5.74, 6) is 0.666. The van der Waals surface area contributed by atoms with Gasteiger partial charge in [0.05, 0.1) is 12.1 Å². The van der Waals surface area contributed by atoms with Gasteiger partial charge in [-0.25, -0.2) is 4.98 Å². The van der Waals surface area contributed by atoms with Gasteiger partial charge in [-0.1, -0.05) is 42.1 Å². The molecule has 6 heteroatoms. The number of thioether (sulfide) groups is 1. The fourth-order valence-electron chi connectivity index (χ4n) is 1.73. The Bertz CT molecular complexity index is 456. The minimum absolute atomic E-state index is 0.0225. The van der Waals surface area contributed by atoms with Crippen molar-refractivity contribution in [3.63, 3.8) is 0 Å². The number of aromatic amines is 1. The topological polar surface area (TPSA) is 73.8 Å². The zero-order valence-electron chi connectivity index (χ0n) is 10.1. The molecule has 18 heavy (non-hydrogen) atoms. The molecule has 1 atom stereocenters. The Hall–Kier alpha value is -1.37. The van der Waals surface area contributed by atoms with Gasteiger partial charge in [0.2, 0.25) is 0 Å². The van der Waals surface area contributed by atoms with Gasteiger partial charge in [-0.15, -0.1) is 0 Å². The summed E-state index contributed by atoms with van der Waals surface area (Å²) in [6.45, 7) is 0.0225.